The highest BCUT2D eigenvalue weighted by atomic mass is 32.1. The van der Waals surface area contributed by atoms with Crippen molar-refractivity contribution in [3.63, 3.8) is 0 Å². The Morgan fingerprint density at radius 2 is 1.96 bits per heavy atom. The van der Waals surface area contributed by atoms with Crippen LogP contribution in [0.5, 0.6) is 0 Å². The Balaban J connectivity index is 1.41. The lowest BCUT2D eigenvalue weighted by Gasteiger charge is -2.34. The third-order valence-corrected chi connectivity index (χ3v) is 7.62. The molecule has 2 heterocycles. The molecule has 1 N–H and O–H groups in total. The van der Waals surface area contributed by atoms with Crippen molar-refractivity contribution in [1.29, 1.82) is 0 Å². The molecular formula is C23H26N2OS2. The number of amides is 1. The van der Waals surface area contributed by atoms with Crippen molar-refractivity contribution < 1.29 is 4.79 Å². The zero-order valence-electron chi connectivity index (χ0n) is 16.6. The standard InChI is InChI=1S/C23H26N2OS2/c1-23(2,3)16-9-10-18-19(14-27-20(18)11-16)21(26)24-12-17-13-28-22(25-17)15-7-5-4-6-8-15/h4-8,13-14,16H,9-12H2,1-3H3,(H,24,26)/t16-/m1/s1. The van der Waals surface area contributed by atoms with Crippen LogP contribution in [0, 0.1) is 11.3 Å². The lowest BCUT2D eigenvalue weighted by Crippen LogP contribution is -2.28. The second-order valence-electron chi connectivity index (χ2n) is 8.55. The van der Waals surface area contributed by atoms with Crippen LogP contribution >= 0.6 is 22.7 Å². The van der Waals surface area contributed by atoms with Crippen molar-refractivity contribution in [2.24, 2.45) is 11.3 Å². The normalized spacial score (nSPS) is 16.6. The van der Waals surface area contributed by atoms with Crippen molar-refractivity contribution in [3.8, 4) is 10.6 Å². The van der Waals surface area contributed by atoms with Gasteiger partial charge in [0.2, 0.25) is 0 Å². The van der Waals surface area contributed by atoms with Crippen molar-refractivity contribution >= 4 is 28.6 Å². The van der Waals surface area contributed by atoms with Gasteiger partial charge < -0.3 is 5.32 Å². The summed E-state index contributed by atoms with van der Waals surface area (Å²) in [5.74, 6) is 0.724. The second kappa shape index (κ2) is 7.80. The fraction of sp³-hybridized carbons (Fsp3) is 0.391. The van der Waals surface area contributed by atoms with Crippen LogP contribution in [0.4, 0.5) is 0 Å². The topological polar surface area (TPSA) is 42.0 Å². The zero-order valence-corrected chi connectivity index (χ0v) is 18.3. The van der Waals surface area contributed by atoms with Crippen LogP contribution in [0.2, 0.25) is 0 Å². The van der Waals surface area contributed by atoms with Gasteiger partial charge >= 0.3 is 0 Å². The molecule has 146 valence electrons. The van der Waals surface area contributed by atoms with E-state index in [4.69, 9.17) is 0 Å². The quantitative estimate of drug-likeness (QED) is 0.577. The number of hydrogen-bond donors (Lipinski definition) is 1. The van der Waals surface area contributed by atoms with E-state index in [-0.39, 0.29) is 5.91 Å². The van der Waals surface area contributed by atoms with Crippen LogP contribution in [0.15, 0.2) is 41.1 Å². The summed E-state index contributed by atoms with van der Waals surface area (Å²) in [5.41, 5.74) is 4.49. The first-order chi connectivity index (χ1) is 13.4. The minimum atomic E-state index is 0.0287. The molecule has 1 aromatic carbocycles. The molecule has 1 aliphatic carbocycles. The highest BCUT2D eigenvalue weighted by Crippen LogP contribution is 2.40. The van der Waals surface area contributed by atoms with E-state index in [0.717, 1.165) is 34.7 Å². The predicted octanol–water partition coefficient (Wildman–Crippen LogP) is 5.95. The summed E-state index contributed by atoms with van der Waals surface area (Å²) in [6.45, 7) is 7.43. The molecule has 1 atom stereocenters. The van der Waals surface area contributed by atoms with Gasteiger partial charge in [-0.2, -0.15) is 0 Å². The minimum absolute atomic E-state index is 0.0287. The van der Waals surface area contributed by atoms with Gasteiger partial charge in [0.15, 0.2) is 0 Å². The molecule has 0 spiro atoms. The molecular weight excluding hydrogens is 384 g/mol. The van der Waals surface area contributed by atoms with Gasteiger partial charge in [0, 0.05) is 21.2 Å². The van der Waals surface area contributed by atoms with E-state index in [1.54, 1.807) is 22.7 Å². The van der Waals surface area contributed by atoms with Crippen molar-refractivity contribution in [3.05, 3.63) is 62.8 Å². The van der Waals surface area contributed by atoms with Gasteiger partial charge in [0.25, 0.3) is 5.91 Å². The van der Waals surface area contributed by atoms with E-state index in [9.17, 15) is 4.79 Å². The van der Waals surface area contributed by atoms with E-state index >= 15 is 0 Å². The van der Waals surface area contributed by atoms with Crippen LogP contribution < -0.4 is 5.32 Å². The Morgan fingerprint density at radius 1 is 1.18 bits per heavy atom. The molecule has 28 heavy (non-hydrogen) atoms. The van der Waals surface area contributed by atoms with Gasteiger partial charge in [-0.05, 0) is 36.2 Å². The van der Waals surface area contributed by atoms with E-state index in [2.05, 4.69) is 43.2 Å². The van der Waals surface area contributed by atoms with Gasteiger partial charge in [-0.15, -0.1) is 22.7 Å². The third-order valence-electron chi connectivity index (χ3n) is 5.63. The van der Waals surface area contributed by atoms with Gasteiger partial charge in [0.1, 0.15) is 5.01 Å². The molecule has 1 aliphatic rings. The molecule has 0 saturated carbocycles. The maximum Gasteiger partial charge on any atom is 0.252 e. The third kappa shape index (κ3) is 4.06. The van der Waals surface area contributed by atoms with Gasteiger partial charge in [-0.3, -0.25) is 4.79 Å². The van der Waals surface area contributed by atoms with Crippen molar-refractivity contribution in [2.45, 2.75) is 46.6 Å². The summed E-state index contributed by atoms with van der Waals surface area (Å²) in [5, 5.41) is 8.13. The SMILES string of the molecule is CC(C)(C)[C@@H]1CCc2c(C(=O)NCc3csc(-c4ccccc4)n3)csc2C1. The Kier molecular flexibility index (Phi) is 5.39. The van der Waals surface area contributed by atoms with Gasteiger partial charge in [-0.1, -0.05) is 51.1 Å². The second-order valence-corrected chi connectivity index (χ2v) is 10.4. The monoisotopic (exact) mass is 410 g/mol. The summed E-state index contributed by atoms with van der Waals surface area (Å²) in [6, 6.07) is 10.2. The first kappa shape index (κ1) is 19.3. The molecule has 5 heteroatoms. The number of benzene rings is 1. The average Bonchev–Trinajstić information content (AvgIpc) is 3.33. The molecule has 0 unspecified atom stereocenters. The van der Waals surface area contributed by atoms with Crippen LogP contribution in [0.3, 0.4) is 0 Å². The molecule has 0 radical (unpaired) electrons. The number of thiazole rings is 1. The number of aromatic nitrogens is 1. The van der Waals surface area contributed by atoms with Crippen LogP contribution in [-0.2, 0) is 19.4 Å². The first-order valence-electron chi connectivity index (χ1n) is 9.79. The molecule has 2 aromatic heterocycles. The van der Waals surface area contributed by atoms with Gasteiger partial charge in [0.05, 0.1) is 17.8 Å². The molecule has 4 rings (SSSR count). The van der Waals surface area contributed by atoms with Crippen LogP contribution in [0.1, 0.15) is 53.7 Å². The highest BCUT2D eigenvalue weighted by molar-refractivity contribution is 7.13. The number of thiophene rings is 1. The highest BCUT2D eigenvalue weighted by Gasteiger charge is 2.31. The summed E-state index contributed by atoms with van der Waals surface area (Å²) in [6.07, 6.45) is 3.28. The number of hydrogen-bond acceptors (Lipinski definition) is 4. The Hall–Kier alpha value is -1.98. The number of fused-ring (bicyclic) bond motifs is 1. The van der Waals surface area contributed by atoms with E-state index in [1.807, 2.05) is 29.0 Å². The Labute approximate surface area is 174 Å². The number of carbonyl (C=O) groups excluding carboxylic acids is 1. The van der Waals surface area contributed by atoms with Crippen molar-refractivity contribution in [2.75, 3.05) is 0 Å². The summed E-state index contributed by atoms with van der Waals surface area (Å²) < 4.78 is 0. The molecule has 3 aromatic rings. The Morgan fingerprint density at radius 3 is 2.71 bits per heavy atom. The summed E-state index contributed by atoms with van der Waals surface area (Å²) in [7, 11) is 0. The Bertz CT molecular complexity index is 966. The molecule has 0 bridgehead atoms. The lowest BCUT2D eigenvalue weighted by atomic mass is 9.72. The minimum Gasteiger partial charge on any atom is -0.346 e. The van der Waals surface area contributed by atoms with Crippen LogP contribution in [0.25, 0.3) is 10.6 Å². The van der Waals surface area contributed by atoms with Crippen LogP contribution in [-0.4, -0.2) is 10.9 Å². The molecule has 0 saturated heterocycles. The average molecular weight is 411 g/mol. The fourth-order valence-corrected chi connectivity index (χ4v) is 5.80. The summed E-state index contributed by atoms with van der Waals surface area (Å²) >= 11 is 3.37. The summed E-state index contributed by atoms with van der Waals surface area (Å²) in [4.78, 5) is 18.8. The number of rotatable bonds is 4. The largest absolute Gasteiger partial charge is 0.346 e. The van der Waals surface area contributed by atoms with E-state index in [1.165, 1.54) is 16.9 Å². The molecule has 0 aliphatic heterocycles. The predicted molar refractivity (Wildman–Crippen MR) is 118 cm³/mol. The fourth-order valence-electron chi connectivity index (χ4n) is 3.81. The maximum atomic E-state index is 12.8. The maximum absolute atomic E-state index is 12.8. The molecule has 0 fully saturated rings. The number of carbonyl (C=O) groups is 1. The zero-order chi connectivity index (χ0) is 19.7. The van der Waals surface area contributed by atoms with Crippen molar-refractivity contribution in [1.82, 2.24) is 10.3 Å². The molecule has 3 nitrogen and oxygen atoms in total. The number of nitrogens with zero attached hydrogens (tertiary/aromatic N) is 1. The smallest absolute Gasteiger partial charge is 0.252 e. The van der Waals surface area contributed by atoms with E-state index < -0.39 is 0 Å². The lowest BCUT2D eigenvalue weighted by molar-refractivity contribution is 0.0949. The van der Waals surface area contributed by atoms with Gasteiger partial charge in [-0.25, -0.2) is 4.98 Å². The first-order valence-corrected chi connectivity index (χ1v) is 11.5. The molecule has 1 amide bonds. The van der Waals surface area contributed by atoms with E-state index in [0.29, 0.717) is 17.9 Å². The number of nitrogens with one attached hydrogen (secondary N) is 1.